The van der Waals surface area contributed by atoms with Crippen LogP contribution in [0.25, 0.3) is 0 Å². The molecule has 0 radical (unpaired) electrons. The first-order valence-corrected chi connectivity index (χ1v) is 8.87. The first-order valence-electron chi connectivity index (χ1n) is 6.10. The minimum Gasteiger partial charge on any atom is -0.323 e. The number of amides is 1. The quantitative estimate of drug-likeness (QED) is 0.892. The van der Waals surface area contributed by atoms with Crippen LogP contribution in [0.1, 0.15) is 29.0 Å². The van der Waals surface area contributed by atoms with Gasteiger partial charge in [0, 0.05) is 23.2 Å². The van der Waals surface area contributed by atoms with Crippen LogP contribution in [0.5, 0.6) is 0 Å². The zero-order valence-corrected chi connectivity index (χ0v) is 13.2. The van der Waals surface area contributed by atoms with Crippen LogP contribution in [-0.2, 0) is 9.84 Å². The summed E-state index contributed by atoms with van der Waals surface area (Å²) in [5, 5.41) is 4.90. The van der Waals surface area contributed by atoms with Crippen molar-refractivity contribution in [2.45, 2.75) is 17.9 Å². The lowest BCUT2D eigenvalue weighted by Gasteiger charge is -2.03. The lowest BCUT2D eigenvalue weighted by Crippen LogP contribution is -2.12. The van der Waals surface area contributed by atoms with E-state index in [-0.39, 0.29) is 16.8 Å². The monoisotopic (exact) mass is 325 g/mol. The van der Waals surface area contributed by atoms with Crippen molar-refractivity contribution in [3.05, 3.63) is 40.9 Å². The number of hydrogen-bond donors (Lipinski definition) is 2. The Kier molecular flexibility index (Phi) is 4.40. The van der Waals surface area contributed by atoms with Crippen LogP contribution in [0, 0.1) is 0 Å². The first kappa shape index (κ1) is 15.6. The van der Waals surface area contributed by atoms with Gasteiger partial charge in [0.05, 0.1) is 10.6 Å². The molecular formula is C13H15N3O3S2. The molecule has 1 atom stereocenters. The van der Waals surface area contributed by atoms with E-state index in [0.717, 1.165) is 6.26 Å². The third-order valence-corrected chi connectivity index (χ3v) is 4.66. The van der Waals surface area contributed by atoms with Crippen LogP contribution in [0.4, 0.5) is 5.13 Å². The molecule has 0 bridgehead atoms. The summed E-state index contributed by atoms with van der Waals surface area (Å²) in [5.41, 5.74) is 6.77. The maximum Gasteiger partial charge on any atom is 0.257 e. The number of nitrogens with zero attached hydrogens (tertiary/aromatic N) is 1. The number of aromatic nitrogens is 1. The number of carbonyl (C=O) groups is 1. The maximum absolute atomic E-state index is 12.0. The van der Waals surface area contributed by atoms with Crippen molar-refractivity contribution in [2.24, 2.45) is 5.73 Å². The van der Waals surface area contributed by atoms with Crippen molar-refractivity contribution >= 4 is 32.2 Å². The first-order chi connectivity index (χ1) is 9.77. The number of rotatable bonds is 4. The predicted octanol–water partition coefficient (Wildman–Crippen LogP) is 1.82. The Morgan fingerprint density at radius 3 is 2.43 bits per heavy atom. The van der Waals surface area contributed by atoms with E-state index >= 15 is 0 Å². The molecule has 1 unspecified atom stereocenters. The average molecular weight is 325 g/mol. The van der Waals surface area contributed by atoms with Gasteiger partial charge in [0.25, 0.3) is 5.91 Å². The van der Waals surface area contributed by atoms with Gasteiger partial charge in [0.1, 0.15) is 0 Å². The molecule has 1 heterocycles. The van der Waals surface area contributed by atoms with Gasteiger partial charge in [-0.05, 0) is 31.2 Å². The number of hydrogen-bond acceptors (Lipinski definition) is 6. The van der Waals surface area contributed by atoms with Gasteiger partial charge in [-0.3, -0.25) is 10.1 Å². The van der Waals surface area contributed by atoms with E-state index in [1.54, 1.807) is 5.38 Å². The van der Waals surface area contributed by atoms with E-state index in [1.165, 1.54) is 35.6 Å². The van der Waals surface area contributed by atoms with E-state index in [4.69, 9.17) is 5.73 Å². The summed E-state index contributed by atoms with van der Waals surface area (Å²) in [7, 11) is -3.27. The molecule has 3 N–H and O–H groups in total. The summed E-state index contributed by atoms with van der Waals surface area (Å²) in [6.45, 7) is 1.81. The third-order valence-electron chi connectivity index (χ3n) is 2.75. The highest BCUT2D eigenvalue weighted by Gasteiger charge is 2.12. The van der Waals surface area contributed by atoms with Crippen molar-refractivity contribution in [1.29, 1.82) is 0 Å². The van der Waals surface area contributed by atoms with Crippen molar-refractivity contribution in [2.75, 3.05) is 11.6 Å². The Morgan fingerprint density at radius 2 is 1.95 bits per heavy atom. The standard InChI is InChI=1S/C13H15N3O3S2/c1-8(14)11-7-20-13(15-11)16-12(17)9-3-5-10(6-4-9)21(2,18)19/h3-8H,14H2,1-2H3,(H,15,16,17). The lowest BCUT2D eigenvalue weighted by molar-refractivity contribution is 0.102. The molecular weight excluding hydrogens is 310 g/mol. The minimum absolute atomic E-state index is 0.174. The van der Waals surface area contributed by atoms with Crippen LogP contribution >= 0.6 is 11.3 Å². The largest absolute Gasteiger partial charge is 0.323 e. The fraction of sp³-hybridized carbons (Fsp3) is 0.231. The van der Waals surface area contributed by atoms with Gasteiger partial charge in [-0.2, -0.15) is 0 Å². The molecule has 0 aliphatic rings. The summed E-state index contributed by atoms with van der Waals surface area (Å²) < 4.78 is 22.7. The van der Waals surface area contributed by atoms with E-state index in [0.29, 0.717) is 16.4 Å². The van der Waals surface area contributed by atoms with Crippen LogP contribution < -0.4 is 11.1 Å². The van der Waals surface area contributed by atoms with Crippen LogP contribution in [0.15, 0.2) is 34.5 Å². The number of thiazole rings is 1. The molecule has 1 amide bonds. The molecule has 21 heavy (non-hydrogen) atoms. The smallest absolute Gasteiger partial charge is 0.257 e. The zero-order valence-electron chi connectivity index (χ0n) is 11.5. The fourth-order valence-corrected chi connectivity index (χ4v) is 3.02. The lowest BCUT2D eigenvalue weighted by atomic mass is 10.2. The Hall–Kier alpha value is -1.77. The Labute approximate surface area is 126 Å². The van der Waals surface area contributed by atoms with E-state index < -0.39 is 9.84 Å². The molecule has 0 aliphatic heterocycles. The van der Waals surface area contributed by atoms with Gasteiger partial charge in [-0.25, -0.2) is 13.4 Å². The number of nitrogens with two attached hydrogens (primary N) is 1. The molecule has 0 spiro atoms. The Morgan fingerprint density at radius 1 is 1.33 bits per heavy atom. The van der Waals surface area contributed by atoms with Crippen LogP contribution in [0.3, 0.4) is 0 Å². The fourth-order valence-electron chi connectivity index (χ4n) is 1.58. The highest BCUT2D eigenvalue weighted by Crippen LogP contribution is 2.20. The number of sulfone groups is 1. The number of benzene rings is 1. The topological polar surface area (TPSA) is 102 Å². The number of nitrogens with one attached hydrogen (secondary N) is 1. The minimum atomic E-state index is -3.27. The van der Waals surface area contributed by atoms with Crippen LogP contribution in [-0.4, -0.2) is 25.6 Å². The highest BCUT2D eigenvalue weighted by molar-refractivity contribution is 7.90. The molecule has 6 nitrogen and oxygen atoms in total. The molecule has 0 aliphatic carbocycles. The molecule has 2 aromatic rings. The molecule has 0 saturated heterocycles. The molecule has 8 heteroatoms. The molecule has 0 fully saturated rings. The summed E-state index contributed by atoms with van der Waals surface area (Å²) in [4.78, 5) is 16.4. The second-order valence-electron chi connectivity index (χ2n) is 4.62. The van der Waals surface area contributed by atoms with Crippen molar-refractivity contribution in [3.8, 4) is 0 Å². The number of anilines is 1. The van der Waals surface area contributed by atoms with Crippen molar-refractivity contribution in [1.82, 2.24) is 4.98 Å². The summed E-state index contributed by atoms with van der Waals surface area (Å²) in [6, 6.07) is 5.54. The van der Waals surface area contributed by atoms with Crippen molar-refractivity contribution in [3.63, 3.8) is 0 Å². The summed E-state index contributed by atoms with van der Waals surface area (Å²) >= 11 is 1.29. The normalized spacial score (nSPS) is 12.9. The average Bonchev–Trinajstić information content (AvgIpc) is 2.86. The predicted molar refractivity (Wildman–Crippen MR) is 82.2 cm³/mol. The summed E-state index contributed by atoms with van der Waals surface area (Å²) in [5.74, 6) is -0.347. The Balaban J connectivity index is 2.13. The van der Waals surface area contributed by atoms with E-state index in [1.807, 2.05) is 6.92 Å². The second-order valence-corrected chi connectivity index (χ2v) is 7.49. The van der Waals surface area contributed by atoms with E-state index in [2.05, 4.69) is 10.3 Å². The third kappa shape index (κ3) is 3.87. The molecule has 1 aromatic carbocycles. The maximum atomic E-state index is 12.0. The molecule has 0 saturated carbocycles. The van der Waals surface area contributed by atoms with Crippen LogP contribution in [0.2, 0.25) is 0 Å². The molecule has 112 valence electrons. The van der Waals surface area contributed by atoms with Crippen molar-refractivity contribution < 1.29 is 13.2 Å². The van der Waals surface area contributed by atoms with E-state index in [9.17, 15) is 13.2 Å². The molecule has 2 rings (SSSR count). The number of carbonyl (C=O) groups excluding carboxylic acids is 1. The zero-order chi connectivity index (χ0) is 15.6. The molecule has 1 aromatic heterocycles. The Bertz CT molecular complexity index is 749. The van der Waals surface area contributed by atoms with Gasteiger partial charge in [0.15, 0.2) is 15.0 Å². The van der Waals surface area contributed by atoms with Gasteiger partial charge in [-0.15, -0.1) is 11.3 Å². The SMILES string of the molecule is CC(N)c1csc(NC(=O)c2ccc(S(C)(=O)=O)cc2)n1. The van der Waals surface area contributed by atoms with Gasteiger partial charge >= 0.3 is 0 Å². The van der Waals surface area contributed by atoms with Gasteiger partial charge in [-0.1, -0.05) is 0 Å². The highest BCUT2D eigenvalue weighted by atomic mass is 32.2. The second kappa shape index (κ2) is 5.92. The van der Waals surface area contributed by atoms with Gasteiger partial charge in [0.2, 0.25) is 0 Å². The summed E-state index contributed by atoms with van der Waals surface area (Å²) in [6.07, 6.45) is 1.12. The van der Waals surface area contributed by atoms with Gasteiger partial charge < -0.3 is 5.73 Å².